The highest BCUT2D eigenvalue weighted by molar-refractivity contribution is 7.10. The first-order valence-electron chi connectivity index (χ1n) is 6.00. The van der Waals surface area contributed by atoms with E-state index < -0.39 is 16.2 Å². The summed E-state index contributed by atoms with van der Waals surface area (Å²) in [6.07, 6.45) is 0. The molecule has 21 heavy (non-hydrogen) atoms. The summed E-state index contributed by atoms with van der Waals surface area (Å²) >= 11 is 11.7. The van der Waals surface area contributed by atoms with E-state index in [1.54, 1.807) is 19.9 Å². The fraction of sp³-hybridized carbons (Fsp3) is 0.462. The first-order chi connectivity index (χ1) is 9.59. The van der Waals surface area contributed by atoms with Crippen LogP contribution in [-0.2, 0) is 13.9 Å². The van der Waals surface area contributed by atoms with E-state index in [1.165, 1.54) is 13.0 Å². The zero-order chi connectivity index (χ0) is 16.4. The van der Waals surface area contributed by atoms with E-state index >= 15 is 0 Å². The van der Waals surface area contributed by atoms with Gasteiger partial charge in [-0.3, -0.25) is 0 Å². The Balaban J connectivity index is 3.46. The van der Waals surface area contributed by atoms with Crippen molar-refractivity contribution in [2.75, 3.05) is 6.61 Å². The van der Waals surface area contributed by atoms with Crippen LogP contribution in [0.4, 0.5) is 8.78 Å². The molecule has 1 atom stereocenters. The summed E-state index contributed by atoms with van der Waals surface area (Å²) < 4.78 is 35.0. The van der Waals surface area contributed by atoms with Crippen LogP contribution >= 0.6 is 32.7 Å². The van der Waals surface area contributed by atoms with Gasteiger partial charge >= 0.3 is 11.9 Å². The molecular weight excluding hydrogens is 344 g/mol. The number of rotatable bonds is 5. The highest BCUT2D eigenvalue weighted by Crippen LogP contribution is 2.52. The van der Waals surface area contributed by atoms with E-state index in [2.05, 4.69) is 4.74 Å². The van der Waals surface area contributed by atoms with Gasteiger partial charge in [0, 0.05) is 5.56 Å². The summed E-state index contributed by atoms with van der Waals surface area (Å²) in [7, 11) is 1.94. The Labute approximate surface area is 134 Å². The summed E-state index contributed by atoms with van der Waals surface area (Å²) in [4.78, 5) is 11.5. The van der Waals surface area contributed by atoms with Crippen molar-refractivity contribution >= 4 is 38.6 Å². The number of carbonyl (C=O) groups excluding carboxylic acids is 1. The van der Waals surface area contributed by atoms with Crippen molar-refractivity contribution in [1.82, 2.24) is 0 Å². The first-order valence-corrected chi connectivity index (χ1v) is 7.23. The van der Waals surface area contributed by atoms with Gasteiger partial charge in [0.2, 0.25) is 4.33 Å². The standard InChI is InChI=1S/C13H15Cl2F2O3P/c1-4-19-11(18)13(16,17)12(14,15)9-6-7(2)5-8(3)10(9)20-21/h5-6H,4,21H2,1-3H3. The zero-order valence-corrected chi connectivity index (χ0v) is 14.3. The van der Waals surface area contributed by atoms with Gasteiger partial charge in [0.25, 0.3) is 0 Å². The van der Waals surface area contributed by atoms with Crippen LogP contribution in [0.15, 0.2) is 12.1 Å². The number of alkyl halides is 4. The Morgan fingerprint density at radius 1 is 1.33 bits per heavy atom. The van der Waals surface area contributed by atoms with Gasteiger partial charge in [-0.1, -0.05) is 34.8 Å². The molecule has 0 spiro atoms. The Morgan fingerprint density at radius 3 is 2.38 bits per heavy atom. The van der Waals surface area contributed by atoms with Crippen LogP contribution in [0, 0.1) is 13.8 Å². The van der Waals surface area contributed by atoms with Crippen molar-refractivity contribution in [2.24, 2.45) is 0 Å². The number of carbonyl (C=O) groups is 1. The van der Waals surface area contributed by atoms with E-state index in [0.717, 1.165) is 0 Å². The van der Waals surface area contributed by atoms with Crippen molar-refractivity contribution in [2.45, 2.75) is 31.0 Å². The number of halogens is 4. The number of aryl methyl sites for hydroxylation is 2. The molecule has 0 N–H and O–H groups in total. The molecular formula is C13H15Cl2F2O3P. The van der Waals surface area contributed by atoms with Gasteiger partial charge in [0.15, 0.2) is 0 Å². The van der Waals surface area contributed by atoms with E-state index in [-0.39, 0.29) is 17.9 Å². The molecule has 1 rings (SSSR count). The fourth-order valence-corrected chi connectivity index (χ4v) is 2.61. The number of ether oxygens (including phenoxy) is 1. The normalized spacial score (nSPS) is 12.2. The number of esters is 1. The number of hydrogen-bond donors (Lipinski definition) is 0. The van der Waals surface area contributed by atoms with Crippen LogP contribution in [0.25, 0.3) is 0 Å². The second-order valence-corrected chi connectivity index (χ2v) is 6.01. The predicted molar refractivity (Wildman–Crippen MR) is 81.2 cm³/mol. The lowest BCUT2D eigenvalue weighted by atomic mass is 9.99. The smallest absolute Gasteiger partial charge is 0.380 e. The van der Waals surface area contributed by atoms with E-state index in [4.69, 9.17) is 27.7 Å². The molecule has 0 aliphatic heterocycles. The van der Waals surface area contributed by atoms with Crippen molar-refractivity contribution < 1.29 is 22.8 Å². The molecule has 8 heteroatoms. The molecule has 118 valence electrons. The Hall–Kier alpha value is -0.640. The molecule has 0 aromatic heterocycles. The van der Waals surface area contributed by atoms with E-state index in [0.29, 0.717) is 11.1 Å². The quantitative estimate of drug-likeness (QED) is 0.447. The zero-order valence-electron chi connectivity index (χ0n) is 11.7. The second-order valence-electron chi connectivity index (χ2n) is 4.45. The lowest BCUT2D eigenvalue weighted by Crippen LogP contribution is -2.45. The van der Waals surface area contributed by atoms with Crippen molar-refractivity contribution in [3.05, 3.63) is 28.8 Å². The van der Waals surface area contributed by atoms with Gasteiger partial charge in [-0.2, -0.15) is 8.78 Å². The predicted octanol–water partition coefficient (Wildman–Crippen LogP) is 4.30. The maximum atomic E-state index is 14.2. The van der Waals surface area contributed by atoms with E-state index in [9.17, 15) is 13.6 Å². The average molecular weight is 359 g/mol. The molecule has 0 radical (unpaired) electrons. The average Bonchev–Trinajstić information content (AvgIpc) is 2.37. The third-order valence-electron chi connectivity index (χ3n) is 2.80. The minimum Gasteiger partial charge on any atom is -0.480 e. The van der Waals surface area contributed by atoms with E-state index in [1.807, 2.05) is 9.47 Å². The molecule has 0 heterocycles. The molecule has 0 saturated heterocycles. The third kappa shape index (κ3) is 3.41. The van der Waals surface area contributed by atoms with Gasteiger partial charge in [-0.05, 0) is 32.4 Å². The van der Waals surface area contributed by atoms with Crippen LogP contribution in [0.2, 0.25) is 0 Å². The Morgan fingerprint density at radius 2 is 1.90 bits per heavy atom. The molecule has 0 aliphatic carbocycles. The summed E-state index contributed by atoms with van der Waals surface area (Å²) in [5, 5.41) is 0. The van der Waals surface area contributed by atoms with Crippen LogP contribution in [-0.4, -0.2) is 18.5 Å². The minimum atomic E-state index is -4.13. The highest BCUT2D eigenvalue weighted by Gasteiger charge is 2.61. The second kappa shape index (κ2) is 6.64. The van der Waals surface area contributed by atoms with Crippen molar-refractivity contribution in [3.63, 3.8) is 0 Å². The van der Waals surface area contributed by atoms with Crippen LogP contribution in [0.1, 0.15) is 23.6 Å². The molecule has 1 aromatic carbocycles. The molecule has 0 amide bonds. The largest absolute Gasteiger partial charge is 0.480 e. The SMILES string of the molecule is CCOC(=O)C(F)(F)C(Cl)(Cl)c1cc(C)cc(C)c1OP. The molecule has 0 saturated carbocycles. The maximum Gasteiger partial charge on any atom is 0.380 e. The summed E-state index contributed by atoms with van der Waals surface area (Å²) in [6, 6.07) is 3.06. The number of benzene rings is 1. The summed E-state index contributed by atoms with van der Waals surface area (Å²) in [5.74, 6) is -5.85. The summed E-state index contributed by atoms with van der Waals surface area (Å²) in [5.41, 5.74) is 1.01. The Bertz CT molecular complexity index is 550. The van der Waals surface area contributed by atoms with Gasteiger partial charge in [0.05, 0.1) is 16.1 Å². The Kier molecular flexibility index (Phi) is 5.82. The lowest BCUT2D eigenvalue weighted by molar-refractivity contribution is -0.173. The molecule has 3 nitrogen and oxygen atoms in total. The monoisotopic (exact) mass is 358 g/mol. The van der Waals surface area contributed by atoms with Gasteiger partial charge in [-0.15, -0.1) is 0 Å². The van der Waals surface area contributed by atoms with Crippen molar-refractivity contribution in [3.8, 4) is 5.75 Å². The first kappa shape index (κ1) is 18.4. The molecule has 0 aliphatic rings. The highest BCUT2D eigenvalue weighted by atomic mass is 35.5. The van der Waals surface area contributed by atoms with Crippen molar-refractivity contribution in [1.29, 1.82) is 0 Å². The molecule has 0 bridgehead atoms. The van der Waals surface area contributed by atoms with Gasteiger partial charge in [0.1, 0.15) is 5.75 Å². The van der Waals surface area contributed by atoms with Crippen LogP contribution < -0.4 is 4.52 Å². The molecule has 1 aromatic rings. The number of hydrogen-bond acceptors (Lipinski definition) is 3. The third-order valence-corrected chi connectivity index (χ3v) is 3.92. The lowest BCUT2D eigenvalue weighted by Gasteiger charge is -2.30. The van der Waals surface area contributed by atoms with Gasteiger partial charge < -0.3 is 9.26 Å². The molecule has 1 unspecified atom stereocenters. The van der Waals surface area contributed by atoms with Gasteiger partial charge in [-0.25, -0.2) is 4.79 Å². The topological polar surface area (TPSA) is 35.5 Å². The molecule has 0 fully saturated rings. The van der Waals surface area contributed by atoms with Crippen LogP contribution in [0.3, 0.4) is 0 Å². The van der Waals surface area contributed by atoms with Crippen LogP contribution in [0.5, 0.6) is 5.75 Å². The fourth-order valence-electron chi connectivity index (χ4n) is 1.86. The summed E-state index contributed by atoms with van der Waals surface area (Å²) in [6.45, 7) is 4.54. The maximum absolute atomic E-state index is 14.2. The minimum absolute atomic E-state index is 0.0690.